The summed E-state index contributed by atoms with van der Waals surface area (Å²) in [5.74, 6) is -0.0903. The van der Waals surface area contributed by atoms with Crippen LogP contribution in [-0.2, 0) is 20.9 Å². The van der Waals surface area contributed by atoms with Crippen molar-refractivity contribution in [1.29, 1.82) is 0 Å². The van der Waals surface area contributed by atoms with E-state index < -0.39 is 6.17 Å². The summed E-state index contributed by atoms with van der Waals surface area (Å²) >= 11 is 5.51. The Morgan fingerprint density at radius 2 is 1.84 bits per heavy atom. The second-order valence-corrected chi connectivity index (χ2v) is 8.34. The lowest BCUT2D eigenvalue weighted by Crippen LogP contribution is -2.31. The van der Waals surface area contributed by atoms with Gasteiger partial charge in [0, 0.05) is 25.1 Å². The molecular weight excluding hydrogens is 419 g/mol. The number of carbonyl (C=O) groups is 2. The molecule has 2 unspecified atom stereocenters. The molecule has 1 rings (SSSR count). The molecule has 0 fully saturated rings. The Balaban J connectivity index is 2.28. The number of halogens is 2. The lowest BCUT2D eigenvalue weighted by atomic mass is 10.0. The highest BCUT2D eigenvalue weighted by Gasteiger charge is 2.17. The van der Waals surface area contributed by atoms with Gasteiger partial charge in [-0.15, -0.1) is 11.6 Å². The Morgan fingerprint density at radius 3 is 2.42 bits per heavy atom. The van der Waals surface area contributed by atoms with Crippen LogP contribution >= 0.6 is 11.6 Å². The first kappa shape index (κ1) is 27.1. The molecular formula is C24H36ClFN2O3. The van der Waals surface area contributed by atoms with Crippen LogP contribution in [0, 0.1) is 0 Å². The monoisotopic (exact) mass is 454 g/mol. The first-order chi connectivity index (χ1) is 14.7. The Morgan fingerprint density at radius 1 is 1.16 bits per heavy atom. The van der Waals surface area contributed by atoms with E-state index in [1.165, 1.54) is 5.56 Å². The number of nitrogens with one attached hydrogen (secondary N) is 2. The van der Waals surface area contributed by atoms with E-state index in [0.29, 0.717) is 31.0 Å². The molecule has 0 aliphatic heterocycles. The highest BCUT2D eigenvalue weighted by molar-refractivity contribution is 6.18. The van der Waals surface area contributed by atoms with Crippen molar-refractivity contribution >= 4 is 23.4 Å². The third kappa shape index (κ3) is 11.9. The molecule has 2 atom stereocenters. The number of amides is 2. The minimum atomic E-state index is -1.15. The summed E-state index contributed by atoms with van der Waals surface area (Å²) in [5.41, 5.74) is 2.74. The Hall–Kier alpha value is -1.92. The number of carbonyl (C=O) groups excluding carboxylic acids is 2. The molecule has 0 radical (unpaired) electrons. The quantitative estimate of drug-likeness (QED) is 0.367. The zero-order valence-electron chi connectivity index (χ0n) is 18.9. The molecule has 0 heterocycles. The van der Waals surface area contributed by atoms with Gasteiger partial charge in [0.2, 0.25) is 11.8 Å². The van der Waals surface area contributed by atoms with Gasteiger partial charge in [-0.3, -0.25) is 9.59 Å². The molecule has 0 spiro atoms. The Bertz CT molecular complexity index is 695. The Labute approximate surface area is 190 Å². The second-order valence-electron chi connectivity index (χ2n) is 8.03. The van der Waals surface area contributed by atoms with Crippen molar-refractivity contribution in [2.45, 2.75) is 77.6 Å². The summed E-state index contributed by atoms with van der Waals surface area (Å²) in [6, 6.07) is 8.16. The van der Waals surface area contributed by atoms with Crippen LogP contribution in [0.4, 0.5) is 4.39 Å². The highest BCUT2D eigenvalue weighted by atomic mass is 35.5. The van der Waals surface area contributed by atoms with E-state index in [9.17, 15) is 14.0 Å². The van der Waals surface area contributed by atoms with E-state index in [2.05, 4.69) is 43.2 Å². The number of hydrogen-bond acceptors (Lipinski definition) is 3. The molecule has 1 aromatic rings. The predicted molar refractivity (Wildman–Crippen MR) is 124 cm³/mol. The van der Waals surface area contributed by atoms with Gasteiger partial charge in [-0.1, -0.05) is 58.0 Å². The summed E-state index contributed by atoms with van der Waals surface area (Å²) in [7, 11) is 0. The largest absolute Gasteiger partial charge is 0.368 e. The van der Waals surface area contributed by atoms with Gasteiger partial charge in [0.25, 0.3) is 0 Å². The molecule has 0 bridgehead atoms. The van der Waals surface area contributed by atoms with E-state index in [0.717, 1.165) is 12.0 Å². The normalized spacial score (nSPS) is 13.0. The van der Waals surface area contributed by atoms with Crippen LogP contribution < -0.4 is 10.6 Å². The molecule has 0 saturated heterocycles. The fraction of sp³-hybridized carbons (Fsp3) is 0.583. The molecule has 5 nitrogen and oxygen atoms in total. The number of hydrogen-bond donors (Lipinski definition) is 2. The van der Waals surface area contributed by atoms with Crippen molar-refractivity contribution < 1.29 is 18.7 Å². The van der Waals surface area contributed by atoms with Crippen LogP contribution in [0.2, 0.25) is 0 Å². The fourth-order valence-corrected chi connectivity index (χ4v) is 3.13. The third-order valence-corrected chi connectivity index (χ3v) is 5.19. The number of allylic oxidation sites excluding steroid dienone is 1. The van der Waals surface area contributed by atoms with Crippen molar-refractivity contribution in [2.75, 3.05) is 12.5 Å². The second kappa shape index (κ2) is 15.0. The molecule has 2 N–H and O–H groups in total. The van der Waals surface area contributed by atoms with E-state index in [1.807, 2.05) is 19.1 Å². The molecule has 2 amide bonds. The van der Waals surface area contributed by atoms with Gasteiger partial charge < -0.3 is 15.4 Å². The molecule has 0 aliphatic rings. The van der Waals surface area contributed by atoms with Crippen LogP contribution in [-0.4, -0.2) is 36.6 Å². The minimum absolute atomic E-state index is 0.0854. The molecule has 0 aromatic heterocycles. The molecule has 31 heavy (non-hydrogen) atoms. The van der Waals surface area contributed by atoms with E-state index >= 15 is 0 Å². The maximum absolute atomic E-state index is 13.5. The summed E-state index contributed by atoms with van der Waals surface area (Å²) in [4.78, 5) is 24.1. The lowest BCUT2D eigenvalue weighted by Gasteiger charge is -2.18. The third-order valence-electron chi connectivity index (χ3n) is 4.85. The van der Waals surface area contributed by atoms with Crippen molar-refractivity contribution in [2.24, 2.45) is 0 Å². The smallest absolute Gasteiger partial charge is 0.250 e. The van der Waals surface area contributed by atoms with Crippen LogP contribution in [0.15, 0.2) is 36.5 Å². The van der Waals surface area contributed by atoms with Gasteiger partial charge in [-0.05, 0) is 29.9 Å². The number of ether oxygens (including phenoxy) is 1. The summed E-state index contributed by atoms with van der Waals surface area (Å²) in [6.45, 7) is 10.3. The summed E-state index contributed by atoms with van der Waals surface area (Å²) < 4.78 is 19.0. The molecule has 7 heteroatoms. The molecule has 0 aliphatic carbocycles. The Kier molecular flexibility index (Phi) is 13.1. The predicted octanol–water partition coefficient (Wildman–Crippen LogP) is 4.99. The zero-order chi connectivity index (χ0) is 23.2. The van der Waals surface area contributed by atoms with Crippen molar-refractivity contribution in [1.82, 2.24) is 10.6 Å². The van der Waals surface area contributed by atoms with E-state index in [1.54, 1.807) is 0 Å². The van der Waals surface area contributed by atoms with E-state index in [4.69, 9.17) is 16.3 Å². The number of alkyl halides is 2. The van der Waals surface area contributed by atoms with Gasteiger partial charge in [0.05, 0.1) is 12.0 Å². The minimum Gasteiger partial charge on any atom is -0.368 e. The van der Waals surface area contributed by atoms with Gasteiger partial charge in [0.15, 0.2) is 0 Å². The van der Waals surface area contributed by atoms with Gasteiger partial charge >= 0.3 is 0 Å². The number of rotatable bonds is 15. The fourth-order valence-electron chi connectivity index (χ4n) is 3.00. The standard InChI is InChI=1S/C24H36ClFN2O3/c1-5-6-22(13-21(26)14-25)31-16-24(30)28-18(4)7-12-23(29)27-15-19-8-10-20(11-9-19)17(2)3/h8-11,17,21-22H,4-7,12-16H2,1-3H3,(H,27,29)(H,28,30). The van der Waals surface area contributed by atoms with Crippen molar-refractivity contribution in [3.63, 3.8) is 0 Å². The SMILES string of the molecule is C=C(CCC(=O)NCc1ccc(C(C)C)cc1)NC(=O)COC(CCC)CC(F)CCl. The van der Waals surface area contributed by atoms with Crippen LogP contribution in [0.5, 0.6) is 0 Å². The van der Waals surface area contributed by atoms with Crippen LogP contribution in [0.25, 0.3) is 0 Å². The maximum Gasteiger partial charge on any atom is 0.250 e. The van der Waals surface area contributed by atoms with Gasteiger partial charge in [0.1, 0.15) is 12.8 Å². The molecule has 0 saturated carbocycles. The zero-order valence-corrected chi connectivity index (χ0v) is 19.6. The average molecular weight is 455 g/mol. The van der Waals surface area contributed by atoms with Gasteiger partial charge in [-0.2, -0.15) is 0 Å². The molecule has 1 aromatic carbocycles. The summed E-state index contributed by atoms with van der Waals surface area (Å²) in [5, 5.41) is 5.50. The molecule has 174 valence electrons. The van der Waals surface area contributed by atoms with Crippen LogP contribution in [0.3, 0.4) is 0 Å². The first-order valence-electron chi connectivity index (χ1n) is 10.9. The van der Waals surface area contributed by atoms with E-state index in [-0.39, 0.29) is 43.2 Å². The van der Waals surface area contributed by atoms with Gasteiger partial charge in [-0.25, -0.2) is 4.39 Å². The number of benzene rings is 1. The summed E-state index contributed by atoms with van der Waals surface area (Å²) in [6.07, 6.45) is 0.715. The van der Waals surface area contributed by atoms with Crippen LogP contribution in [0.1, 0.15) is 69.9 Å². The first-order valence-corrected chi connectivity index (χ1v) is 11.4. The average Bonchev–Trinajstić information content (AvgIpc) is 2.74. The topological polar surface area (TPSA) is 67.4 Å². The lowest BCUT2D eigenvalue weighted by molar-refractivity contribution is -0.128. The van der Waals surface area contributed by atoms with Crippen molar-refractivity contribution in [3.05, 3.63) is 47.7 Å². The van der Waals surface area contributed by atoms with Crippen molar-refractivity contribution in [3.8, 4) is 0 Å². The highest BCUT2D eigenvalue weighted by Crippen LogP contribution is 2.15. The maximum atomic E-state index is 13.5.